The van der Waals surface area contributed by atoms with E-state index in [1.807, 2.05) is 30.5 Å². The number of furan rings is 1. The van der Waals surface area contributed by atoms with Gasteiger partial charge in [-0.2, -0.15) is 0 Å². The zero-order valence-electron chi connectivity index (χ0n) is 18.0. The van der Waals surface area contributed by atoms with Crippen LogP contribution in [0, 0.1) is 0 Å². The van der Waals surface area contributed by atoms with Crippen molar-refractivity contribution in [3.8, 4) is 0 Å². The monoisotopic (exact) mass is 410 g/mol. The molecule has 0 bridgehead atoms. The Balaban J connectivity index is 1.34. The summed E-state index contributed by atoms with van der Waals surface area (Å²) in [5.41, 5.74) is 0. The number of hydrogen-bond donors (Lipinski definition) is 2. The molecule has 2 N–H and O–H groups in total. The van der Waals surface area contributed by atoms with Crippen LogP contribution in [0.25, 0.3) is 0 Å². The smallest absolute Gasteiger partial charge is 0.191 e. The van der Waals surface area contributed by atoms with E-state index in [0.29, 0.717) is 12.1 Å². The van der Waals surface area contributed by atoms with Crippen molar-refractivity contribution in [1.29, 1.82) is 0 Å². The summed E-state index contributed by atoms with van der Waals surface area (Å²) < 4.78 is 5.46. The summed E-state index contributed by atoms with van der Waals surface area (Å²) in [5, 5.41) is 7.20. The number of nitrogens with one attached hydrogen (secondary N) is 2. The van der Waals surface area contributed by atoms with Crippen LogP contribution < -0.4 is 15.5 Å². The summed E-state index contributed by atoms with van der Waals surface area (Å²) in [6, 6.07) is 11.0. The van der Waals surface area contributed by atoms with E-state index in [2.05, 4.69) is 38.4 Å². The number of pyridine rings is 1. The Morgan fingerprint density at radius 2 is 2.20 bits per heavy atom. The second-order valence-corrected chi connectivity index (χ2v) is 8.13. The van der Waals surface area contributed by atoms with Crippen LogP contribution in [-0.4, -0.2) is 67.2 Å². The maximum absolute atomic E-state index is 5.46. The molecule has 4 heterocycles. The summed E-state index contributed by atoms with van der Waals surface area (Å²) in [5.74, 6) is 2.96. The molecule has 2 aromatic rings. The molecule has 4 rings (SSSR count). The summed E-state index contributed by atoms with van der Waals surface area (Å²) in [6.07, 6.45) is 8.05. The highest BCUT2D eigenvalue weighted by atomic mass is 16.3. The third-order valence-corrected chi connectivity index (χ3v) is 6.11. The molecule has 0 aliphatic carbocycles. The molecule has 0 radical (unpaired) electrons. The molecular formula is C23H34N6O. The zero-order chi connectivity index (χ0) is 20.6. The van der Waals surface area contributed by atoms with Crippen LogP contribution in [0.5, 0.6) is 0 Å². The number of guanidine groups is 1. The minimum atomic E-state index is 0.368. The van der Waals surface area contributed by atoms with Gasteiger partial charge in [0.15, 0.2) is 5.96 Å². The topological polar surface area (TPSA) is 68.9 Å². The zero-order valence-corrected chi connectivity index (χ0v) is 18.0. The Labute approximate surface area is 179 Å². The summed E-state index contributed by atoms with van der Waals surface area (Å²) in [7, 11) is 0. The molecule has 7 nitrogen and oxygen atoms in total. The van der Waals surface area contributed by atoms with Crippen LogP contribution in [0.2, 0.25) is 0 Å². The van der Waals surface area contributed by atoms with Gasteiger partial charge in [-0.05, 0) is 56.6 Å². The fourth-order valence-electron chi connectivity index (χ4n) is 4.45. The number of rotatable bonds is 8. The molecule has 0 saturated carbocycles. The maximum Gasteiger partial charge on any atom is 0.191 e. The minimum absolute atomic E-state index is 0.368. The number of aromatic nitrogens is 1. The molecular weight excluding hydrogens is 376 g/mol. The second-order valence-electron chi connectivity index (χ2n) is 8.13. The number of nitrogens with zero attached hydrogens (tertiary/aromatic N) is 4. The lowest BCUT2D eigenvalue weighted by atomic mass is 10.2. The quantitative estimate of drug-likeness (QED) is 0.515. The van der Waals surface area contributed by atoms with Crippen molar-refractivity contribution in [3.05, 3.63) is 48.6 Å². The van der Waals surface area contributed by atoms with Gasteiger partial charge in [0.2, 0.25) is 0 Å². The van der Waals surface area contributed by atoms with Crippen molar-refractivity contribution >= 4 is 11.8 Å². The van der Waals surface area contributed by atoms with Gasteiger partial charge in [0, 0.05) is 44.3 Å². The lowest BCUT2D eigenvalue weighted by Crippen LogP contribution is -2.46. The fraction of sp³-hybridized carbons (Fsp3) is 0.565. The van der Waals surface area contributed by atoms with Crippen LogP contribution in [0.4, 0.5) is 5.82 Å². The van der Waals surface area contributed by atoms with Crippen molar-refractivity contribution in [2.24, 2.45) is 4.99 Å². The number of aliphatic imine (C=N–C) groups is 1. The third-order valence-electron chi connectivity index (χ3n) is 6.11. The average molecular weight is 411 g/mol. The minimum Gasteiger partial charge on any atom is -0.469 e. The molecule has 0 spiro atoms. The number of anilines is 1. The SMILES string of the molecule is CCN1CCCC1CN=C(NCCc1ccco1)NC1CCN(c2ccccn2)C1. The number of hydrogen-bond acceptors (Lipinski definition) is 5. The number of likely N-dealkylation sites (tertiary alicyclic amines) is 1. The Hall–Kier alpha value is -2.54. The first-order valence-corrected chi connectivity index (χ1v) is 11.3. The first-order valence-electron chi connectivity index (χ1n) is 11.3. The number of likely N-dealkylation sites (N-methyl/N-ethyl adjacent to an activating group) is 1. The van der Waals surface area contributed by atoms with Crippen molar-refractivity contribution < 1.29 is 4.42 Å². The third kappa shape index (κ3) is 5.53. The van der Waals surface area contributed by atoms with E-state index in [4.69, 9.17) is 9.41 Å². The molecule has 2 aliphatic rings. The van der Waals surface area contributed by atoms with Gasteiger partial charge >= 0.3 is 0 Å². The fourth-order valence-corrected chi connectivity index (χ4v) is 4.45. The van der Waals surface area contributed by atoms with Gasteiger partial charge in [0.1, 0.15) is 11.6 Å². The first kappa shape index (κ1) is 20.7. The molecule has 2 aliphatic heterocycles. The van der Waals surface area contributed by atoms with Gasteiger partial charge in [-0.3, -0.25) is 9.89 Å². The van der Waals surface area contributed by atoms with Crippen LogP contribution >= 0.6 is 0 Å². The Morgan fingerprint density at radius 1 is 1.23 bits per heavy atom. The molecule has 0 amide bonds. The van der Waals surface area contributed by atoms with E-state index in [1.165, 1.54) is 19.4 Å². The predicted molar refractivity (Wildman–Crippen MR) is 121 cm³/mol. The highest BCUT2D eigenvalue weighted by Crippen LogP contribution is 2.18. The van der Waals surface area contributed by atoms with Gasteiger partial charge in [-0.1, -0.05) is 13.0 Å². The molecule has 2 saturated heterocycles. The lowest BCUT2D eigenvalue weighted by Gasteiger charge is -2.23. The second kappa shape index (κ2) is 10.5. The molecule has 2 aromatic heterocycles. The summed E-state index contributed by atoms with van der Waals surface area (Å²) >= 11 is 0. The molecule has 7 heteroatoms. The maximum atomic E-state index is 5.46. The van der Waals surface area contributed by atoms with Gasteiger partial charge in [0.25, 0.3) is 0 Å². The van der Waals surface area contributed by atoms with Crippen molar-refractivity contribution in [3.63, 3.8) is 0 Å². The Bertz CT molecular complexity index is 778. The molecule has 30 heavy (non-hydrogen) atoms. The van der Waals surface area contributed by atoms with Crippen LogP contribution in [0.3, 0.4) is 0 Å². The van der Waals surface area contributed by atoms with Gasteiger partial charge in [-0.25, -0.2) is 4.98 Å². The molecule has 2 atom stereocenters. The van der Waals surface area contributed by atoms with E-state index < -0.39 is 0 Å². The van der Waals surface area contributed by atoms with E-state index in [1.54, 1.807) is 6.26 Å². The predicted octanol–water partition coefficient (Wildman–Crippen LogP) is 2.52. The largest absolute Gasteiger partial charge is 0.469 e. The van der Waals surface area contributed by atoms with Crippen molar-refractivity contribution in [2.75, 3.05) is 44.2 Å². The highest BCUT2D eigenvalue weighted by molar-refractivity contribution is 5.80. The van der Waals surface area contributed by atoms with E-state index in [0.717, 1.165) is 63.1 Å². The highest BCUT2D eigenvalue weighted by Gasteiger charge is 2.25. The lowest BCUT2D eigenvalue weighted by molar-refractivity contribution is 0.273. The molecule has 0 aromatic carbocycles. The molecule has 2 fully saturated rings. The van der Waals surface area contributed by atoms with E-state index in [9.17, 15) is 0 Å². The van der Waals surface area contributed by atoms with E-state index in [-0.39, 0.29) is 0 Å². The standard InChI is InChI=1S/C23H34N6O/c1-2-28-14-5-7-20(28)17-26-23(25-13-10-21-8-6-16-30-21)27-19-11-15-29(18-19)22-9-3-4-12-24-22/h3-4,6,8-9,12,16,19-20H,2,5,7,10-11,13-15,17-18H2,1H3,(H2,25,26,27). The van der Waals surface area contributed by atoms with Gasteiger partial charge < -0.3 is 20.0 Å². The van der Waals surface area contributed by atoms with Crippen LogP contribution in [0.1, 0.15) is 31.9 Å². The van der Waals surface area contributed by atoms with Crippen molar-refractivity contribution in [1.82, 2.24) is 20.5 Å². The van der Waals surface area contributed by atoms with Gasteiger partial charge in [0.05, 0.1) is 12.8 Å². The van der Waals surface area contributed by atoms with Crippen LogP contribution in [0.15, 0.2) is 52.2 Å². The van der Waals surface area contributed by atoms with Gasteiger partial charge in [-0.15, -0.1) is 0 Å². The Kier molecular flexibility index (Phi) is 7.24. The van der Waals surface area contributed by atoms with E-state index >= 15 is 0 Å². The summed E-state index contributed by atoms with van der Waals surface area (Å²) in [4.78, 5) is 14.4. The molecule has 2 unspecified atom stereocenters. The average Bonchev–Trinajstić information content (AvgIpc) is 3.54. The normalized spacial score (nSPS) is 22.6. The first-order chi connectivity index (χ1) is 14.8. The van der Waals surface area contributed by atoms with Crippen molar-refractivity contribution in [2.45, 2.75) is 44.7 Å². The molecule has 162 valence electrons. The Morgan fingerprint density at radius 3 is 3.00 bits per heavy atom. The van der Waals surface area contributed by atoms with Crippen LogP contribution in [-0.2, 0) is 6.42 Å². The summed E-state index contributed by atoms with van der Waals surface area (Å²) in [6.45, 7) is 8.16.